The summed E-state index contributed by atoms with van der Waals surface area (Å²) in [5.41, 5.74) is 0.758. The predicted molar refractivity (Wildman–Crippen MR) is 84.9 cm³/mol. The maximum atomic E-state index is 12.4. The molecule has 0 spiro atoms. The van der Waals surface area contributed by atoms with Gasteiger partial charge in [0.2, 0.25) is 0 Å². The molecule has 2 aromatic carbocycles. The van der Waals surface area contributed by atoms with Crippen molar-refractivity contribution in [2.45, 2.75) is 20.3 Å². The first-order valence-electron chi connectivity index (χ1n) is 7.39. The summed E-state index contributed by atoms with van der Waals surface area (Å²) in [5, 5.41) is 9.99. The Morgan fingerprint density at radius 3 is 2.27 bits per heavy atom. The van der Waals surface area contributed by atoms with E-state index in [9.17, 15) is 9.90 Å². The standard InChI is InChI=1S/C18H20O4/c1-3-11-22-14-7-5-13(6-8-14)18(20)16-10-9-15(21-4-2)12-17(16)19/h5-10,12,19H,3-4,11H2,1-2H3. The van der Waals surface area contributed by atoms with Crippen LogP contribution < -0.4 is 9.47 Å². The fourth-order valence-electron chi connectivity index (χ4n) is 2.04. The second kappa shape index (κ2) is 7.50. The largest absolute Gasteiger partial charge is 0.507 e. The Kier molecular flexibility index (Phi) is 5.42. The Morgan fingerprint density at radius 1 is 1.00 bits per heavy atom. The van der Waals surface area contributed by atoms with Crippen LogP contribution in [0.5, 0.6) is 17.2 Å². The number of carbonyl (C=O) groups excluding carboxylic acids is 1. The first kappa shape index (κ1) is 15.9. The van der Waals surface area contributed by atoms with Gasteiger partial charge < -0.3 is 14.6 Å². The molecule has 116 valence electrons. The molecule has 0 bridgehead atoms. The van der Waals surface area contributed by atoms with E-state index in [1.807, 2.05) is 13.8 Å². The van der Waals surface area contributed by atoms with Crippen molar-refractivity contribution in [2.75, 3.05) is 13.2 Å². The first-order valence-corrected chi connectivity index (χ1v) is 7.39. The number of ether oxygens (including phenoxy) is 2. The smallest absolute Gasteiger partial charge is 0.196 e. The quantitative estimate of drug-likeness (QED) is 0.790. The van der Waals surface area contributed by atoms with Crippen LogP contribution in [0, 0.1) is 0 Å². The van der Waals surface area contributed by atoms with Gasteiger partial charge in [0.05, 0.1) is 18.8 Å². The Labute approximate surface area is 130 Å². The zero-order valence-corrected chi connectivity index (χ0v) is 12.8. The Bertz CT molecular complexity index is 632. The maximum absolute atomic E-state index is 12.4. The van der Waals surface area contributed by atoms with Gasteiger partial charge in [0.25, 0.3) is 0 Å². The number of rotatable bonds is 7. The Balaban J connectivity index is 2.17. The third-order valence-corrected chi connectivity index (χ3v) is 3.11. The van der Waals surface area contributed by atoms with Crippen molar-refractivity contribution in [3.8, 4) is 17.2 Å². The molecule has 0 aliphatic rings. The van der Waals surface area contributed by atoms with Crippen LogP contribution in [0.3, 0.4) is 0 Å². The van der Waals surface area contributed by atoms with E-state index in [2.05, 4.69) is 0 Å². The number of carbonyl (C=O) groups is 1. The summed E-state index contributed by atoms with van der Waals surface area (Å²) in [6, 6.07) is 11.6. The summed E-state index contributed by atoms with van der Waals surface area (Å²) in [5.74, 6) is 0.957. The zero-order chi connectivity index (χ0) is 15.9. The van der Waals surface area contributed by atoms with Gasteiger partial charge in [-0.1, -0.05) is 6.92 Å². The van der Waals surface area contributed by atoms with Gasteiger partial charge in [-0.25, -0.2) is 0 Å². The number of aromatic hydroxyl groups is 1. The SMILES string of the molecule is CCCOc1ccc(C(=O)c2ccc(OCC)cc2O)cc1. The van der Waals surface area contributed by atoms with Crippen LogP contribution in [-0.2, 0) is 0 Å². The van der Waals surface area contributed by atoms with E-state index >= 15 is 0 Å². The number of hydrogen-bond donors (Lipinski definition) is 1. The van der Waals surface area contributed by atoms with E-state index in [4.69, 9.17) is 9.47 Å². The molecule has 22 heavy (non-hydrogen) atoms. The minimum Gasteiger partial charge on any atom is -0.507 e. The van der Waals surface area contributed by atoms with Crippen LogP contribution in [-0.4, -0.2) is 24.1 Å². The monoisotopic (exact) mass is 300 g/mol. The van der Waals surface area contributed by atoms with Gasteiger partial charge in [0.15, 0.2) is 5.78 Å². The van der Waals surface area contributed by atoms with Crippen LogP contribution in [0.15, 0.2) is 42.5 Å². The fraction of sp³-hybridized carbons (Fsp3) is 0.278. The number of phenolic OH excluding ortho intramolecular Hbond substituents is 1. The fourth-order valence-corrected chi connectivity index (χ4v) is 2.04. The summed E-state index contributed by atoms with van der Waals surface area (Å²) in [4.78, 5) is 12.4. The molecule has 4 heteroatoms. The maximum Gasteiger partial charge on any atom is 0.196 e. The molecule has 0 saturated heterocycles. The molecular formula is C18H20O4. The summed E-state index contributed by atoms with van der Waals surface area (Å²) in [6.45, 7) is 5.05. The van der Waals surface area contributed by atoms with Crippen molar-refractivity contribution in [3.05, 3.63) is 53.6 Å². The number of benzene rings is 2. The molecule has 0 radical (unpaired) electrons. The van der Waals surface area contributed by atoms with Gasteiger partial charge in [-0.3, -0.25) is 4.79 Å². The minimum atomic E-state index is -0.234. The summed E-state index contributed by atoms with van der Waals surface area (Å²) >= 11 is 0. The third kappa shape index (κ3) is 3.79. The molecular weight excluding hydrogens is 280 g/mol. The lowest BCUT2D eigenvalue weighted by molar-refractivity contribution is 0.103. The van der Waals surface area contributed by atoms with Crippen LogP contribution in [0.2, 0.25) is 0 Å². The number of hydrogen-bond acceptors (Lipinski definition) is 4. The summed E-state index contributed by atoms with van der Waals surface area (Å²) in [6.07, 6.45) is 0.931. The highest BCUT2D eigenvalue weighted by atomic mass is 16.5. The average molecular weight is 300 g/mol. The molecule has 0 amide bonds. The van der Waals surface area contributed by atoms with E-state index < -0.39 is 0 Å². The van der Waals surface area contributed by atoms with Gasteiger partial charge in [-0.2, -0.15) is 0 Å². The summed E-state index contributed by atoms with van der Waals surface area (Å²) < 4.78 is 10.8. The van der Waals surface area contributed by atoms with Crippen molar-refractivity contribution >= 4 is 5.78 Å². The van der Waals surface area contributed by atoms with E-state index in [0.29, 0.717) is 24.5 Å². The van der Waals surface area contributed by atoms with Crippen LogP contribution in [0.1, 0.15) is 36.2 Å². The van der Waals surface area contributed by atoms with Crippen LogP contribution in [0.4, 0.5) is 0 Å². The molecule has 2 aromatic rings. The highest BCUT2D eigenvalue weighted by molar-refractivity contribution is 6.10. The van der Waals surface area contributed by atoms with Crippen molar-refractivity contribution in [2.24, 2.45) is 0 Å². The highest BCUT2D eigenvalue weighted by Gasteiger charge is 2.14. The van der Waals surface area contributed by atoms with Crippen molar-refractivity contribution in [1.82, 2.24) is 0 Å². The second-order valence-electron chi connectivity index (χ2n) is 4.81. The lowest BCUT2D eigenvalue weighted by atomic mass is 10.0. The lowest BCUT2D eigenvalue weighted by Crippen LogP contribution is -2.03. The van der Waals surface area contributed by atoms with E-state index in [-0.39, 0.29) is 17.1 Å². The van der Waals surface area contributed by atoms with Crippen molar-refractivity contribution in [3.63, 3.8) is 0 Å². The molecule has 0 unspecified atom stereocenters. The van der Waals surface area contributed by atoms with Crippen LogP contribution in [0.25, 0.3) is 0 Å². The van der Waals surface area contributed by atoms with Gasteiger partial charge in [-0.15, -0.1) is 0 Å². The van der Waals surface area contributed by atoms with Gasteiger partial charge in [-0.05, 0) is 49.7 Å². The third-order valence-electron chi connectivity index (χ3n) is 3.11. The molecule has 0 saturated carbocycles. The van der Waals surface area contributed by atoms with Gasteiger partial charge in [0.1, 0.15) is 17.2 Å². The van der Waals surface area contributed by atoms with Crippen LogP contribution >= 0.6 is 0 Å². The highest BCUT2D eigenvalue weighted by Crippen LogP contribution is 2.26. The number of ketones is 1. The normalized spacial score (nSPS) is 10.3. The molecule has 1 N–H and O–H groups in total. The first-order chi connectivity index (χ1) is 10.7. The topological polar surface area (TPSA) is 55.8 Å². The average Bonchev–Trinajstić information content (AvgIpc) is 2.53. The molecule has 0 atom stereocenters. The van der Waals surface area contributed by atoms with E-state index in [0.717, 1.165) is 12.2 Å². The zero-order valence-electron chi connectivity index (χ0n) is 12.8. The summed E-state index contributed by atoms with van der Waals surface area (Å²) in [7, 11) is 0. The molecule has 0 heterocycles. The Hall–Kier alpha value is -2.49. The molecule has 0 aliphatic carbocycles. The Morgan fingerprint density at radius 2 is 1.68 bits per heavy atom. The van der Waals surface area contributed by atoms with Crippen molar-refractivity contribution < 1.29 is 19.4 Å². The van der Waals surface area contributed by atoms with E-state index in [1.165, 1.54) is 6.07 Å². The molecule has 0 aliphatic heterocycles. The molecule has 4 nitrogen and oxygen atoms in total. The molecule has 2 rings (SSSR count). The minimum absolute atomic E-state index is 0.0812. The predicted octanol–water partition coefficient (Wildman–Crippen LogP) is 3.81. The number of phenols is 1. The van der Waals surface area contributed by atoms with Gasteiger partial charge in [0, 0.05) is 11.6 Å². The lowest BCUT2D eigenvalue weighted by Gasteiger charge is -2.08. The second-order valence-corrected chi connectivity index (χ2v) is 4.81. The van der Waals surface area contributed by atoms with Gasteiger partial charge >= 0.3 is 0 Å². The van der Waals surface area contributed by atoms with E-state index in [1.54, 1.807) is 36.4 Å². The molecule has 0 aromatic heterocycles. The van der Waals surface area contributed by atoms with Crippen molar-refractivity contribution in [1.29, 1.82) is 0 Å². The molecule has 0 fully saturated rings.